The number of rotatable bonds is 5. The van der Waals surface area contributed by atoms with Crippen LogP contribution in [0.15, 0.2) is 25.3 Å². The molecule has 4 N–H and O–H groups in total. The summed E-state index contributed by atoms with van der Waals surface area (Å²) in [5.41, 5.74) is 4.53. The Bertz CT molecular complexity index is 251. The van der Waals surface area contributed by atoms with E-state index in [1.165, 1.54) is 6.92 Å². The third-order valence-electron chi connectivity index (χ3n) is 1.13. The molecule has 0 aromatic carbocycles. The minimum atomic E-state index is -0.880. The molecular weight excluding hydrogens is 212 g/mol. The summed E-state index contributed by atoms with van der Waals surface area (Å²) in [6.07, 6.45) is 0.817. The van der Waals surface area contributed by atoms with Crippen LogP contribution >= 0.6 is 0 Å². The zero-order valence-electron chi connectivity index (χ0n) is 9.47. The molecule has 0 saturated carbocycles. The van der Waals surface area contributed by atoms with Crippen molar-refractivity contribution in [3.05, 3.63) is 25.3 Å². The molecule has 0 aromatic heterocycles. The molecule has 0 aliphatic rings. The van der Waals surface area contributed by atoms with Gasteiger partial charge in [0, 0.05) is 0 Å². The number of aliphatic hydroxyl groups excluding tert-OH is 1. The monoisotopic (exact) mass is 230 g/mol. The van der Waals surface area contributed by atoms with Gasteiger partial charge in [0.25, 0.3) is 0 Å². The first kappa shape index (κ1) is 16.8. The standard InChI is InChI=1S/C7H13NO3.C3H5NO/c1-4-7(10)8-5(2)11-6(3)9;1-2-3(4)5/h4-6,9H,1H2,2-3H3,(H,8,10);2H,1H2,(H2,4,5). The zero-order valence-corrected chi connectivity index (χ0v) is 9.47. The van der Waals surface area contributed by atoms with Crippen LogP contribution in [0.4, 0.5) is 0 Å². The molecule has 6 nitrogen and oxygen atoms in total. The average molecular weight is 230 g/mol. The van der Waals surface area contributed by atoms with Gasteiger partial charge in [0.05, 0.1) is 0 Å². The van der Waals surface area contributed by atoms with E-state index in [0.717, 1.165) is 12.2 Å². The number of hydrogen-bond donors (Lipinski definition) is 3. The van der Waals surface area contributed by atoms with E-state index in [2.05, 4.69) is 24.2 Å². The van der Waals surface area contributed by atoms with Crippen LogP contribution in [-0.4, -0.2) is 29.4 Å². The van der Waals surface area contributed by atoms with Crippen LogP contribution in [0.3, 0.4) is 0 Å². The number of nitrogens with two attached hydrogens (primary N) is 1. The molecule has 0 saturated heterocycles. The highest BCUT2D eigenvalue weighted by Crippen LogP contribution is 1.90. The fourth-order valence-corrected chi connectivity index (χ4v) is 0.589. The van der Waals surface area contributed by atoms with E-state index >= 15 is 0 Å². The van der Waals surface area contributed by atoms with Crippen molar-refractivity contribution in [3.63, 3.8) is 0 Å². The third-order valence-corrected chi connectivity index (χ3v) is 1.13. The number of nitrogens with one attached hydrogen (secondary N) is 1. The highest BCUT2D eigenvalue weighted by Gasteiger charge is 2.05. The highest BCUT2D eigenvalue weighted by atomic mass is 16.6. The number of amides is 2. The molecule has 16 heavy (non-hydrogen) atoms. The van der Waals surface area contributed by atoms with Gasteiger partial charge in [0.15, 0.2) is 6.29 Å². The SMILES string of the molecule is C=CC(=O)NC(C)OC(C)O.C=CC(N)=O. The second-order valence-electron chi connectivity index (χ2n) is 2.70. The molecule has 6 heteroatoms. The van der Waals surface area contributed by atoms with Crippen molar-refractivity contribution in [1.82, 2.24) is 5.32 Å². The minimum Gasteiger partial charge on any atom is -0.368 e. The van der Waals surface area contributed by atoms with Crippen LogP contribution in [0.25, 0.3) is 0 Å². The molecule has 0 radical (unpaired) electrons. The lowest BCUT2D eigenvalue weighted by Gasteiger charge is -2.15. The quantitative estimate of drug-likeness (QED) is 0.443. The van der Waals surface area contributed by atoms with Crippen LogP contribution < -0.4 is 11.1 Å². The van der Waals surface area contributed by atoms with Crippen molar-refractivity contribution in [1.29, 1.82) is 0 Å². The van der Waals surface area contributed by atoms with Gasteiger partial charge in [0.2, 0.25) is 11.8 Å². The lowest BCUT2D eigenvalue weighted by Crippen LogP contribution is -2.35. The van der Waals surface area contributed by atoms with E-state index in [9.17, 15) is 9.59 Å². The predicted molar refractivity (Wildman–Crippen MR) is 60.0 cm³/mol. The second kappa shape index (κ2) is 9.88. The van der Waals surface area contributed by atoms with Crippen LogP contribution in [0, 0.1) is 0 Å². The maximum absolute atomic E-state index is 10.6. The number of aliphatic hydroxyl groups is 1. The van der Waals surface area contributed by atoms with Gasteiger partial charge in [-0.05, 0) is 26.0 Å². The predicted octanol–water partition coefficient (Wildman–Crippen LogP) is -0.353. The van der Waals surface area contributed by atoms with Crippen LogP contribution in [0.2, 0.25) is 0 Å². The first-order chi connectivity index (χ1) is 7.33. The molecule has 2 amide bonds. The lowest BCUT2D eigenvalue weighted by atomic mass is 10.5. The van der Waals surface area contributed by atoms with Gasteiger partial charge in [-0.15, -0.1) is 0 Å². The Kier molecular flexibility index (Phi) is 10.3. The number of ether oxygens (including phenoxy) is 1. The Morgan fingerprint density at radius 2 is 1.81 bits per heavy atom. The maximum Gasteiger partial charge on any atom is 0.245 e. The Morgan fingerprint density at radius 3 is 2.06 bits per heavy atom. The summed E-state index contributed by atoms with van der Waals surface area (Å²) in [4.78, 5) is 20.1. The van der Waals surface area contributed by atoms with E-state index in [-0.39, 0.29) is 5.91 Å². The zero-order chi connectivity index (χ0) is 13.1. The van der Waals surface area contributed by atoms with Crippen LogP contribution in [0.5, 0.6) is 0 Å². The normalized spacial score (nSPS) is 12.4. The lowest BCUT2D eigenvalue weighted by molar-refractivity contribution is -0.140. The van der Waals surface area contributed by atoms with Gasteiger partial charge in [-0.25, -0.2) is 0 Å². The summed E-state index contributed by atoms with van der Waals surface area (Å²) >= 11 is 0. The summed E-state index contributed by atoms with van der Waals surface area (Å²) in [7, 11) is 0. The van der Waals surface area contributed by atoms with Gasteiger partial charge in [-0.2, -0.15) is 0 Å². The van der Waals surface area contributed by atoms with Crippen LogP contribution in [-0.2, 0) is 14.3 Å². The second-order valence-corrected chi connectivity index (χ2v) is 2.70. The minimum absolute atomic E-state index is 0.321. The Labute approximate surface area is 94.8 Å². The van der Waals surface area contributed by atoms with Crippen molar-refractivity contribution in [2.45, 2.75) is 26.4 Å². The van der Waals surface area contributed by atoms with Crippen LogP contribution in [0.1, 0.15) is 13.8 Å². The molecule has 0 spiro atoms. The fourth-order valence-electron chi connectivity index (χ4n) is 0.589. The number of hydrogen-bond acceptors (Lipinski definition) is 4. The van der Waals surface area contributed by atoms with Crippen molar-refractivity contribution >= 4 is 11.8 Å². The Hall–Kier alpha value is -1.66. The third kappa shape index (κ3) is 14.8. The topological polar surface area (TPSA) is 102 Å². The van der Waals surface area contributed by atoms with E-state index in [4.69, 9.17) is 9.84 Å². The molecule has 0 aliphatic carbocycles. The van der Waals surface area contributed by atoms with Crippen molar-refractivity contribution in [2.75, 3.05) is 0 Å². The van der Waals surface area contributed by atoms with E-state index in [0.29, 0.717) is 0 Å². The van der Waals surface area contributed by atoms with Gasteiger partial charge in [0.1, 0.15) is 6.23 Å². The Balaban J connectivity index is 0. The molecule has 2 unspecified atom stereocenters. The summed E-state index contributed by atoms with van der Waals surface area (Å²) in [5.74, 6) is -0.803. The maximum atomic E-state index is 10.6. The highest BCUT2D eigenvalue weighted by molar-refractivity contribution is 5.86. The number of primary amides is 1. The van der Waals surface area contributed by atoms with Crippen molar-refractivity contribution in [3.8, 4) is 0 Å². The van der Waals surface area contributed by atoms with E-state index in [1.54, 1.807) is 6.92 Å². The molecule has 0 aromatic rings. The summed E-state index contributed by atoms with van der Waals surface area (Å²) < 4.78 is 4.80. The van der Waals surface area contributed by atoms with Crippen molar-refractivity contribution < 1.29 is 19.4 Å². The molecule has 0 heterocycles. The van der Waals surface area contributed by atoms with E-state index in [1.807, 2.05) is 0 Å². The molecule has 92 valence electrons. The molecule has 0 aliphatic heterocycles. The van der Waals surface area contributed by atoms with E-state index < -0.39 is 18.4 Å². The van der Waals surface area contributed by atoms with Crippen molar-refractivity contribution in [2.24, 2.45) is 5.73 Å². The van der Waals surface area contributed by atoms with Gasteiger partial charge in [-0.3, -0.25) is 9.59 Å². The molecule has 0 bridgehead atoms. The number of carbonyl (C=O) groups is 2. The fraction of sp³-hybridized carbons (Fsp3) is 0.400. The summed E-state index contributed by atoms with van der Waals surface area (Å²) in [6.45, 7) is 9.44. The van der Waals surface area contributed by atoms with Gasteiger partial charge >= 0.3 is 0 Å². The molecule has 0 rings (SSSR count). The van der Waals surface area contributed by atoms with Gasteiger partial charge < -0.3 is 20.9 Å². The summed E-state index contributed by atoms with van der Waals surface area (Å²) in [5, 5.41) is 11.1. The molecular formula is C10H18N2O4. The summed E-state index contributed by atoms with van der Waals surface area (Å²) in [6, 6.07) is 0. The molecule has 2 atom stereocenters. The number of carbonyl (C=O) groups excluding carboxylic acids is 2. The molecule has 0 fully saturated rings. The largest absolute Gasteiger partial charge is 0.368 e. The van der Waals surface area contributed by atoms with Gasteiger partial charge in [-0.1, -0.05) is 13.2 Å². The average Bonchev–Trinajstić information content (AvgIpc) is 2.17. The first-order valence-electron chi connectivity index (χ1n) is 4.51. The Morgan fingerprint density at radius 1 is 1.38 bits per heavy atom. The first-order valence-corrected chi connectivity index (χ1v) is 4.51. The smallest absolute Gasteiger partial charge is 0.245 e.